The largest absolute Gasteiger partial charge is 0.477 e. The molecule has 7 heteroatoms. The first-order valence-corrected chi connectivity index (χ1v) is 5.10. The van der Waals surface area contributed by atoms with Crippen molar-refractivity contribution in [1.29, 1.82) is 0 Å². The first-order chi connectivity index (χ1) is 7.97. The van der Waals surface area contributed by atoms with E-state index in [-0.39, 0.29) is 18.7 Å². The van der Waals surface area contributed by atoms with Crippen molar-refractivity contribution in [1.82, 2.24) is 5.32 Å². The van der Waals surface area contributed by atoms with Crippen LogP contribution in [-0.4, -0.2) is 40.8 Å². The number of carbonyl (C=O) groups is 3. The lowest BCUT2D eigenvalue weighted by Gasteiger charge is -2.10. The van der Waals surface area contributed by atoms with Crippen molar-refractivity contribution >= 4 is 17.9 Å². The Morgan fingerprint density at radius 1 is 1.35 bits per heavy atom. The fourth-order valence-electron chi connectivity index (χ4n) is 1.61. The van der Waals surface area contributed by atoms with Gasteiger partial charge in [-0.2, -0.15) is 0 Å². The molecule has 1 aliphatic rings. The third-order valence-electron chi connectivity index (χ3n) is 2.33. The Hall–Kier alpha value is -2.05. The SMILES string of the molecule is CCOC(=O)C1CCC(=C(C(=O)O)C(=O)O)N1. The fraction of sp³-hybridized carbons (Fsp3) is 0.500. The average Bonchev–Trinajstić information content (AvgIpc) is 2.66. The van der Waals surface area contributed by atoms with Crippen LogP contribution in [-0.2, 0) is 19.1 Å². The van der Waals surface area contributed by atoms with E-state index < -0.39 is 29.5 Å². The number of hydrogen-bond donors (Lipinski definition) is 3. The molecule has 0 aliphatic carbocycles. The quantitative estimate of drug-likeness (QED) is 0.269. The van der Waals surface area contributed by atoms with Crippen molar-refractivity contribution in [3.05, 3.63) is 11.3 Å². The van der Waals surface area contributed by atoms with Gasteiger partial charge >= 0.3 is 17.9 Å². The van der Waals surface area contributed by atoms with Crippen molar-refractivity contribution in [3.63, 3.8) is 0 Å². The minimum absolute atomic E-state index is 0.0584. The summed E-state index contributed by atoms with van der Waals surface area (Å²) in [5.74, 6) is -3.55. The standard InChI is InChI=1S/C10H13NO6/c1-2-17-10(16)6-4-3-5(11-6)7(8(12)13)9(14)15/h6,11H,2-4H2,1H3,(H,12,13)(H,14,15). The zero-order valence-electron chi connectivity index (χ0n) is 9.23. The van der Waals surface area contributed by atoms with Gasteiger partial charge < -0.3 is 20.3 Å². The van der Waals surface area contributed by atoms with Crippen LogP contribution in [0.4, 0.5) is 0 Å². The van der Waals surface area contributed by atoms with Gasteiger partial charge in [0.25, 0.3) is 0 Å². The highest BCUT2D eigenvalue weighted by Crippen LogP contribution is 2.20. The number of allylic oxidation sites excluding steroid dienone is 1. The normalized spacial score (nSPS) is 18.4. The monoisotopic (exact) mass is 243 g/mol. The van der Waals surface area contributed by atoms with Crippen molar-refractivity contribution in [2.75, 3.05) is 6.61 Å². The Morgan fingerprint density at radius 3 is 2.41 bits per heavy atom. The van der Waals surface area contributed by atoms with E-state index in [1.165, 1.54) is 0 Å². The third kappa shape index (κ3) is 2.96. The van der Waals surface area contributed by atoms with E-state index in [0.29, 0.717) is 6.42 Å². The van der Waals surface area contributed by atoms with Crippen LogP contribution >= 0.6 is 0 Å². The number of nitrogens with one attached hydrogen (secondary N) is 1. The molecule has 0 saturated carbocycles. The molecule has 0 aromatic carbocycles. The molecule has 17 heavy (non-hydrogen) atoms. The van der Waals surface area contributed by atoms with E-state index >= 15 is 0 Å². The van der Waals surface area contributed by atoms with Crippen LogP contribution in [0.2, 0.25) is 0 Å². The van der Waals surface area contributed by atoms with Crippen LogP contribution in [0, 0.1) is 0 Å². The summed E-state index contributed by atoms with van der Waals surface area (Å²) in [6.45, 7) is 1.88. The molecule has 0 bridgehead atoms. The molecule has 1 unspecified atom stereocenters. The molecular weight excluding hydrogens is 230 g/mol. The first-order valence-electron chi connectivity index (χ1n) is 5.10. The number of aliphatic carboxylic acids is 2. The first kappa shape index (κ1) is 13.0. The van der Waals surface area contributed by atoms with E-state index in [1.54, 1.807) is 6.92 Å². The Labute approximate surface area is 97.1 Å². The molecule has 0 aromatic heterocycles. The van der Waals surface area contributed by atoms with Gasteiger partial charge in [-0.25, -0.2) is 14.4 Å². The molecule has 7 nitrogen and oxygen atoms in total. The molecule has 94 valence electrons. The van der Waals surface area contributed by atoms with E-state index in [4.69, 9.17) is 14.9 Å². The number of carboxylic acid groups (broad SMARTS) is 2. The van der Waals surface area contributed by atoms with Crippen LogP contribution in [0.5, 0.6) is 0 Å². The molecule has 0 aromatic rings. The highest BCUT2D eigenvalue weighted by Gasteiger charge is 2.32. The van der Waals surface area contributed by atoms with Crippen LogP contribution < -0.4 is 5.32 Å². The van der Waals surface area contributed by atoms with Gasteiger partial charge in [-0.1, -0.05) is 0 Å². The predicted molar refractivity (Wildman–Crippen MR) is 55.1 cm³/mol. The van der Waals surface area contributed by atoms with Crippen LogP contribution in [0.15, 0.2) is 11.3 Å². The average molecular weight is 243 g/mol. The minimum atomic E-state index is -1.52. The Kier molecular flexibility index (Phi) is 4.08. The zero-order chi connectivity index (χ0) is 13.0. The molecule has 1 atom stereocenters. The van der Waals surface area contributed by atoms with Gasteiger partial charge in [-0.3, -0.25) is 0 Å². The van der Waals surface area contributed by atoms with Crippen molar-refractivity contribution < 1.29 is 29.3 Å². The fourth-order valence-corrected chi connectivity index (χ4v) is 1.61. The molecule has 0 radical (unpaired) electrons. The van der Waals surface area contributed by atoms with Gasteiger partial charge in [0.05, 0.1) is 6.61 Å². The summed E-state index contributed by atoms with van der Waals surface area (Å²) in [5, 5.41) is 20.1. The summed E-state index contributed by atoms with van der Waals surface area (Å²) in [6, 6.07) is -0.668. The molecule has 0 amide bonds. The Bertz CT molecular complexity index is 370. The van der Waals surface area contributed by atoms with Gasteiger partial charge in [-0.15, -0.1) is 0 Å². The number of rotatable bonds is 4. The van der Waals surface area contributed by atoms with E-state index in [0.717, 1.165) is 0 Å². The van der Waals surface area contributed by atoms with Gasteiger partial charge in [0.15, 0.2) is 5.57 Å². The van der Waals surface area contributed by atoms with Crippen LogP contribution in [0.3, 0.4) is 0 Å². The lowest BCUT2D eigenvalue weighted by molar-refractivity contribution is -0.145. The summed E-state index contributed by atoms with van der Waals surface area (Å²) in [7, 11) is 0. The van der Waals surface area contributed by atoms with Gasteiger partial charge in [0.1, 0.15) is 6.04 Å². The molecular formula is C10H13NO6. The smallest absolute Gasteiger partial charge is 0.344 e. The minimum Gasteiger partial charge on any atom is -0.477 e. The van der Waals surface area contributed by atoms with Crippen molar-refractivity contribution in [3.8, 4) is 0 Å². The molecule has 1 saturated heterocycles. The summed E-state index contributed by atoms with van der Waals surface area (Å²) in [5.41, 5.74) is -0.667. The van der Waals surface area contributed by atoms with E-state index in [2.05, 4.69) is 5.32 Å². The summed E-state index contributed by atoms with van der Waals surface area (Å²) < 4.78 is 4.76. The number of carboxylic acids is 2. The summed E-state index contributed by atoms with van der Waals surface area (Å²) >= 11 is 0. The maximum Gasteiger partial charge on any atom is 0.344 e. The van der Waals surface area contributed by atoms with Crippen LogP contribution in [0.1, 0.15) is 19.8 Å². The summed E-state index contributed by atoms with van der Waals surface area (Å²) in [4.78, 5) is 32.8. The second-order valence-electron chi connectivity index (χ2n) is 3.45. The lowest BCUT2D eigenvalue weighted by atomic mass is 10.1. The second kappa shape index (κ2) is 5.33. The van der Waals surface area contributed by atoms with Gasteiger partial charge in [-0.05, 0) is 19.8 Å². The molecule has 1 rings (SSSR count). The summed E-state index contributed by atoms with van der Waals surface area (Å²) in [6.07, 6.45) is 0.537. The molecule has 1 fully saturated rings. The Morgan fingerprint density at radius 2 is 1.94 bits per heavy atom. The van der Waals surface area contributed by atoms with Gasteiger partial charge in [0.2, 0.25) is 0 Å². The lowest BCUT2D eigenvalue weighted by Crippen LogP contribution is -2.33. The number of esters is 1. The van der Waals surface area contributed by atoms with E-state index in [1.807, 2.05) is 0 Å². The highest BCUT2D eigenvalue weighted by molar-refractivity contribution is 6.13. The van der Waals surface area contributed by atoms with E-state index in [9.17, 15) is 14.4 Å². The maximum absolute atomic E-state index is 11.4. The van der Waals surface area contributed by atoms with Crippen molar-refractivity contribution in [2.45, 2.75) is 25.8 Å². The predicted octanol–water partition coefficient (Wildman–Crippen LogP) is -0.275. The topological polar surface area (TPSA) is 113 Å². The maximum atomic E-state index is 11.4. The number of carbonyl (C=O) groups excluding carboxylic acids is 1. The Balaban J connectivity index is 2.84. The van der Waals surface area contributed by atoms with Crippen LogP contribution in [0.25, 0.3) is 0 Å². The number of hydrogen-bond acceptors (Lipinski definition) is 5. The highest BCUT2D eigenvalue weighted by atomic mass is 16.5. The molecule has 1 aliphatic heterocycles. The third-order valence-corrected chi connectivity index (χ3v) is 2.33. The van der Waals surface area contributed by atoms with Gasteiger partial charge in [0, 0.05) is 5.70 Å². The zero-order valence-corrected chi connectivity index (χ0v) is 9.23. The molecule has 3 N–H and O–H groups in total. The number of ether oxygens (including phenoxy) is 1. The second-order valence-corrected chi connectivity index (χ2v) is 3.45. The molecule has 1 heterocycles. The molecule has 0 spiro atoms. The van der Waals surface area contributed by atoms with Crippen molar-refractivity contribution in [2.24, 2.45) is 0 Å².